The number of hydrogen-bond acceptors (Lipinski definition) is 5. The van der Waals surface area contributed by atoms with Crippen molar-refractivity contribution in [2.75, 3.05) is 31.3 Å². The third kappa shape index (κ3) is 4.70. The van der Waals surface area contributed by atoms with Crippen molar-refractivity contribution in [3.63, 3.8) is 0 Å². The SMILES string of the molecule is Nc1ccc(OCCS(=O)(=O)NC2CCOC2)cc1. The first-order valence-electron chi connectivity index (χ1n) is 6.11. The van der Waals surface area contributed by atoms with Crippen molar-refractivity contribution >= 4 is 15.7 Å². The Balaban J connectivity index is 1.76. The quantitative estimate of drug-likeness (QED) is 0.737. The van der Waals surface area contributed by atoms with Crippen LogP contribution in [0.2, 0.25) is 0 Å². The topological polar surface area (TPSA) is 90.7 Å². The van der Waals surface area contributed by atoms with Gasteiger partial charge in [0, 0.05) is 18.3 Å². The fourth-order valence-corrected chi connectivity index (χ4v) is 2.89. The number of benzene rings is 1. The van der Waals surface area contributed by atoms with Gasteiger partial charge < -0.3 is 15.2 Å². The van der Waals surface area contributed by atoms with Gasteiger partial charge in [0.15, 0.2) is 0 Å². The summed E-state index contributed by atoms with van der Waals surface area (Å²) in [6.45, 7) is 1.15. The van der Waals surface area contributed by atoms with E-state index in [0.29, 0.717) is 24.7 Å². The monoisotopic (exact) mass is 286 g/mol. The second kappa shape index (κ2) is 6.23. The number of sulfonamides is 1. The number of anilines is 1. The molecule has 0 radical (unpaired) electrons. The van der Waals surface area contributed by atoms with E-state index in [2.05, 4.69) is 4.72 Å². The van der Waals surface area contributed by atoms with Crippen LogP contribution in [0.25, 0.3) is 0 Å². The molecule has 1 aliphatic rings. The first-order valence-corrected chi connectivity index (χ1v) is 7.76. The average Bonchev–Trinajstić information content (AvgIpc) is 2.83. The molecule has 1 saturated heterocycles. The molecule has 0 spiro atoms. The highest BCUT2D eigenvalue weighted by Crippen LogP contribution is 2.13. The Bertz CT molecular complexity index is 495. The Morgan fingerprint density at radius 1 is 1.37 bits per heavy atom. The molecular weight excluding hydrogens is 268 g/mol. The lowest BCUT2D eigenvalue weighted by Crippen LogP contribution is -2.37. The fraction of sp³-hybridized carbons (Fsp3) is 0.500. The molecule has 1 unspecified atom stereocenters. The zero-order valence-corrected chi connectivity index (χ0v) is 11.4. The first-order chi connectivity index (χ1) is 9.05. The lowest BCUT2D eigenvalue weighted by molar-refractivity contribution is 0.192. The van der Waals surface area contributed by atoms with Gasteiger partial charge in [-0.15, -0.1) is 0 Å². The van der Waals surface area contributed by atoms with Gasteiger partial charge in [-0.25, -0.2) is 13.1 Å². The van der Waals surface area contributed by atoms with Crippen LogP contribution >= 0.6 is 0 Å². The van der Waals surface area contributed by atoms with Gasteiger partial charge in [0.1, 0.15) is 12.4 Å². The van der Waals surface area contributed by atoms with Crippen LogP contribution in [0.1, 0.15) is 6.42 Å². The van der Waals surface area contributed by atoms with E-state index in [9.17, 15) is 8.42 Å². The molecule has 1 heterocycles. The molecule has 106 valence electrons. The standard InChI is InChI=1S/C12H18N2O4S/c13-10-1-3-12(4-2-10)18-7-8-19(15,16)14-11-5-6-17-9-11/h1-4,11,14H,5-9,13H2. The predicted octanol–water partition coefficient (Wildman–Crippen LogP) is 0.356. The molecule has 2 rings (SSSR count). The van der Waals surface area contributed by atoms with E-state index in [1.54, 1.807) is 24.3 Å². The Labute approximate surface area is 112 Å². The van der Waals surface area contributed by atoms with E-state index in [1.165, 1.54) is 0 Å². The van der Waals surface area contributed by atoms with Gasteiger partial charge >= 0.3 is 0 Å². The van der Waals surface area contributed by atoms with Crippen LogP contribution in [0, 0.1) is 0 Å². The number of rotatable bonds is 6. The molecule has 0 bridgehead atoms. The van der Waals surface area contributed by atoms with Crippen molar-refractivity contribution in [1.29, 1.82) is 0 Å². The highest BCUT2D eigenvalue weighted by atomic mass is 32.2. The van der Waals surface area contributed by atoms with E-state index in [1.807, 2.05) is 0 Å². The Morgan fingerprint density at radius 3 is 2.74 bits per heavy atom. The van der Waals surface area contributed by atoms with E-state index >= 15 is 0 Å². The number of nitrogen functional groups attached to an aromatic ring is 1. The van der Waals surface area contributed by atoms with Gasteiger partial charge in [0.25, 0.3) is 0 Å². The smallest absolute Gasteiger partial charge is 0.215 e. The molecule has 7 heteroatoms. The molecule has 1 atom stereocenters. The van der Waals surface area contributed by atoms with Crippen LogP contribution in [-0.4, -0.2) is 40.0 Å². The first kappa shape index (κ1) is 14.1. The van der Waals surface area contributed by atoms with E-state index in [-0.39, 0.29) is 18.4 Å². The molecule has 1 aliphatic heterocycles. The summed E-state index contributed by atoms with van der Waals surface area (Å²) in [5.74, 6) is 0.530. The Morgan fingerprint density at radius 2 is 2.11 bits per heavy atom. The molecule has 0 saturated carbocycles. The highest BCUT2D eigenvalue weighted by Gasteiger charge is 2.21. The minimum atomic E-state index is -3.32. The third-order valence-corrected chi connectivity index (χ3v) is 4.17. The van der Waals surface area contributed by atoms with Crippen LogP contribution in [0.3, 0.4) is 0 Å². The second-order valence-electron chi connectivity index (χ2n) is 4.41. The van der Waals surface area contributed by atoms with E-state index < -0.39 is 10.0 Å². The zero-order valence-electron chi connectivity index (χ0n) is 10.5. The van der Waals surface area contributed by atoms with Crippen molar-refractivity contribution in [2.24, 2.45) is 0 Å². The zero-order chi connectivity index (χ0) is 13.7. The van der Waals surface area contributed by atoms with Crippen molar-refractivity contribution in [3.05, 3.63) is 24.3 Å². The summed E-state index contributed by atoms with van der Waals surface area (Å²) < 4.78 is 36.6. The van der Waals surface area contributed by atoms with Crippen LogP contribution in [0.15, 0.2) is 24.3 Å². The van der Waals surface area contributed by atoms with Gasteiger partial charge in [-0.05, 0) is 30.7 Å². The molecule has 1 fully saturated rings. The van der Waals surface area contributed by atoms with Gasteiger partial charge in [0.05, 0.1) is 12.4 Å². The van der Waals surface area contributed by atoms with E-state index in [4.69, 9.17) is 15.2 Å². The van der Waals surface area contributed by atoms with Crippen molar-refractivity contribution in [2.45, 2.75) is 12.5 Å². The van der Waals surface area contributed by atoms with Crippen molar-refractivity contribution in [1.82, 2.24) is 4.72 Å². The maximum atomic E-state index is 11.8. The lowest BCUT2D eigenvalue weighted by atomic mass is 10.3. The molecule has 3 N–H and O–H groups in total. The largest absolute Gasteiger partial charge is 0.492 e. The number of ether oxygens (including phenoxy) is 2. The molecule has 0 aliphatic carbocycles. The Kier molecular flexibility index (Phi) is 4.62. The van der Waals surface area contributed by atoms with E-state index in [0.717, 1.165) is 6.42 Å². The molecule has 0 aromatic heterocycles. The van der Waals surface area contributed by atoms with Crippen molar-refractivity contribution < 1.29 is 17.9 Å². The predicted molar refractivity (Wildman–Crippen MR) is 72.5 cm³/mol. The van der Waals surface area contributed by atoms with Gasteiger partial charge in [-0.1, -0.05) is 0 Å². The summed E-state index contributed by atoms with van der Waals surface area (Å²) >= 11 is 0. The van der Waals surface area contributed by atoms with Crippen LogP contribution in [0.5, 0.6) is 5.75 Å². The van der Waals surface area contributed by atoms with Crippen molar-refractivity contribution in [3.8, 4) is 5.75 Å². The number of hydrogen-bond donors (Lipinski definition) is 2. The summed E-state index contributed by atoms with van der Waals surface area (Å²) in [6.07, 6.45) is 0.720. The summed E-state index contributed by atoms with van der Waals surface area (Å²) in [4.78, 5) is 0. The second-order valence-corrected chi connectivity index (χ2v) is 6.29. The minimum absolute atomic E-state index is 0.0755. The molecular formula is C12H18N2O4S. The average molecular weight is 286 g/mol. The number of nitrogens with two attached hydrogens (primary N) is 1. The van der Waals surface area contributed by atoms with Gasteiger partial charge in [-0.2, -0.15) is 0 Å². The third-order valence-electron chi connectivity index (χ3n) is 2.78. The summed E-state index contributed by atoms with van der Waals surface area (Å²) in [5.41, 5.74) is 6.18. The summed E-state index contributed by atoms with van der Waals surface area (Å²) in [5, 5.41) is 0. The Hall–Kier alpha value is -1.31. The lowest BCUT2D eigenvalue weighted by Gasteiger charge is -2.12. The fourth-order valence-electron chi connectivity index (χ4n) is 1.77. The molecule has 0 amide bonds. The maximum Gasteiger partial charge on any atom is 0.215 e. The van der Waals surface area contributed by atoms with Crippen LogP contribution in [-0.2, 0) is 14.8 Å². The normalized spacial score (nSPS) is 19.5. The van der Waals surface area contributed by atoms with Crippen LogP contribution in [0.4, 0.5) is 5.69 Å². The summed E-state index contributed by atoms with van der Waals surface area (Å²) in [7, 11) is -3.32. The molecule has 1 aromatic rings. The van der Waals surface area contributed by atoms with Crippen LogP contribution < -0.4 is 15.2 Å². The maximum absolute atomic E-state index is 11.8. The van der Waals surface area contributed by atoms with Gasteiger partial charge in [0.2, 0.25) is 10.0 Å². The highest BCUT2D eigenvalue weighted by molar-refractivity contribution is 7.89. The molecule has 6 nitrogen and oxygen atoms in total. The number of nitrogens with one attached hydrogen (secondary N) is 1. The molecule has 19 heavy (non-hydrogen) atoms. The minimum Gasteiger partial charge on any atom is -0.492 e. The summed E-state index contributed by atoms with van der Waals surface area (Å²) in [6, 6.07) is 6.72. The molecule has 1 aromatic carbocycles. The van der Waals surface area contributed by atoms with Gasteiger partial charge in [-0.3, -0.25) is 0 Å².